The molecule has 20 heavy (non-hydrogen) atoms. The summed E-state index contributed by atoms with van der Waals surface area (Å²) in [5, 5.41) is 0.516. The van der Waals surface area contributed by atoms with E-state index in [0.717, 1.165) is 5.75 Å². The Hall–Kier alpha value is -2.41. The highest BCUT2D eigenvalue weighted by molar-refractivity contribution is 7.98. The molecule has 3 rings (SSSR count). The van der Waals surface area contributed by atoms with E-state index in [4.69, 9.17) is 5.73 Å². The number of aromatic amines is 1. The van der Waals surface area contributed by atoms with Crippen molar-refractivity contribution in [1.82, 2.24) is 19.9 Å². The number of hydrogen-bond acceptors (Lipinski definition) is 6. The number of anilines is 1. The number of nitrogens with two attached hydrogens (primary N) is 1. The lowest BCUT2D eigenvalue weighted by molar-refractivity contribution is 0.980. The lowest BCUT2D eigenvalue weighted by Crippen LogP contribution is -2.09. The number of nitrogens with zero attached hydrogens (tertiary/aromatic N) is 3. The first-order valence-corrected chi connectivity index (χ1v) is 6.90. The van der Waals surface area contributed by atoms with Crippen LogP contribution < -0.4 is 11.3 Å². The molecular formula is C13H11N5OS. The number of fused-ring (bicyclic) bond motifs is 1. The highest BCUT2D eigenvalue weighted by atomic mass is 32.2. The Kier molecular flexibility index (Phi) is 3.34. The van der Waals surface area contributed by atoms with Crippen LogP contribution in [0.3, 0.4) is 0 Å². The summed E-state index contributed by atoms with van der Waals surface area (Å²) in [6.07, 6.45) is 1.17. The van der Waals surface area contributed by atoms with Crippen LogP contribution in [0.1, 0.15) is 5.56 Å². The van der Waals surface area contributed by atoms with Gasteiger partial charge in [0.2, 0.25) is 0 Å². The second kappa shape index (κ2) is 5.30. The van der Waals surface area contributed by atoms with Gasteiger partial charge in [-0.15, -0.1) is 0 Å². The lowest BCUT2D eigenvalue weighted by Gasteiger charge is -2.04. The largest absolute Gasteiger partial charge is 0.382 e. The van der Waals surface area contributed by atoms with Crippen LogP contribution in [0.2, 0.25) is 0 Å². The smallest absolute Gasteiger partial charge is 0.268 e. The van der Waals surface area contributed by atoms with Gasteiger partial charge in [0.05, 0.1) is 6.20 Å². The van der Waals surface area contributed by atoms with Gasteiger partial charge in [0, 0.05) is 5.75 Å². The summed E-state index contributed by atoms with van der Waals surface area (Å²) in [6, 6.07) is 9.98. The van der Waals surface area contributed by atoms with Crippen LogP contribution in [0, 0.1) is 0 Å². The summed E-state index contributed by atoms with van der Waals surface area (Å²) in [5.74, 6) is 0.998. The van der Waals surface area contributed by atoms with Crippen molar-refractivity contribution in [1.29, 1.82) is 0 Å². The minimum atomic E-state index is -0.311. The third-order valence-electron chi connectivity index (χ3n) is 2.65. The summed E-state index contributed by atoms with van der Waals surface area (Å²) in [4.78, 5) is 26.3. The fourth-order valence-corrected chi connectivity index (χ4v) is 2.53. The van der Waals surface area contributed by atoms with Crippen molar-refractivity contribution in [3.05, 3.63) is 52.4 Å². The zero-order chi connectivity index (χ0) is 13.9. The van der Waals surface area contributed by atoms with E-state index in [1.54, 1.807) is 0 Å². The number of nitrogens with one attached hydrogen (secondary N) is 1. The van der Waals surface area contributed by atoms with Gasteiger partial charge >= 0.3 is 0 Å². The Morgan fingerprint density at radius 2 is 2.00 bits per heavy atom. The van der Waals surface area contributed by atoms with Crippen molar-refractivity contribution < 1.29 is 0 Å². The highest BCUT2D eigenvalue weighted by Crippen LogP contribution is 2.22. The molecule has 1 aromatic carbocycles. The van der Waals surface area contributed by atoms with Gasteiger partial charge < -0.3 is 10.7 Å². The molecule has 100 valence electrons. The average Bonchev–Trinajstić information content (AvgIpc) is 2.46. The fourth-order valence-electron chi connectivity index (χ4n) is 1.72. The van der Waals surface area contributed by atoms with E-state index >= 15 is 0 Å². The number of aromatic nitrogens is 4. The van der Waals surface area contributed by atoms with Crippen molar-refractivity contribution in [2.45, 2.75) is 10.9 Å². The maximum absolute atomic E-state index is 11.3. The lowest BCUT2D eigenvalue weighted by atomic mass is 10.2. The molecule has 0 fully saturated rings. The third-order valence-corrected chi connectivity index (χ3v) is 3.57. The van der Waals surface area contributed by atoms with Crippen molar-refractivity contribution >= 4 is 28.7 Å². The van der Waals surface area contributed by atoms with Crippen LogP contribution >= 0.6 is 11.8 Å². The van der Waals surface area contributed by atoms with Crippen molar-refractivity contribution in [2.75, 3.05) is 5.73 Å². The molecule has 3 aromatic rings. The summed E-state index contributed by atoms with van der Waals surface area (Å²) in [5.41, 5.74) is 7.46. The van der Waals surface area contributed by atoms with E-state index in [-0.39, 0.29) is 11.4 Å². The van der Waals surface area contributed by atoms with E-state index in [9.17, 15) is 4.79 Å². The van der Waals surface area contributed by atoms with Gasteiger partial charge in [-0.2, -0.15) is 0 Å². The van der Waals surface area contributed by atoms with Crippen LogP contribution in [-0.4, -0.2) is 19.9 Å². The predicted octanol–water partition coefficient (Wildman–Crippen LogP) is 1.59. The van der Waals surface area contributed by atoms with Crippen LogP contribution in [0.15, 0.2) is 46.5 Å². The zero-order valence-corrected chi connectivity index (χ0v) is 11.2. The summed E-state index contributed by atoms with van der Waals surface area (Å²) < 4.78 is 0. The molecule has 2 aromatic heterocycles. The summed E-state index contributed by atoms with van der Waals surface area (Å²) >= 11 is 1.46. The maximum atomic E-state index is 11.3. The van der Waals surface area contributed by atoms with Gasteiger partial charge in [-0.3, -0.25) is 4.79 Å². The number of rotatable bonds is 3. The van der Waals surface area contributed by atoms with Gasteiger partial charge in [-0.1, -0.05) is 42.1 Å². The molecule has 0 aliphatic heterocycles. The topological polar surface area (TPSA) is 97.5 Å². The number of benzene rings is 1. The Balaban J connectivity index is 1.90. The highest BCUT2D eigenvalue weighted by Gasteiger charge is 2.08. The fraction of sp³-hybridized carbons (Fsp3) is 0.0769. The van der Waals surface area contributed by atoms with Gasteiger partial charge in [-0.05, 0) is 5.56 Å². The molecule has 0 radical (unpaired) electrons. The second-order valence-corrected chi connectivity index (χ2v) is 5.05. The molecule has 7 heteroatoms. The quantitative estimate of drug-likeness (QED) is 0.560. The summed E-state index contributed by atoms with van der Waals surface area (Å²) in [6.45, 7) is 0. The van der Waals surface area contributed by atoms with E-state index in [2.05, 4.69) is 19.9 Å². The number of nitrogen functional groups attached to an aromatic ring is 1. The van der Waals surface area contributed by atoms with E-state index in [0.29, 0.717) is 16.3 Å². The maximum Gasteiger partial charge on any atom is 0.268 e. The molecule has 0 saturated heterocycles. The molecule has 0 spiro atoms. The SMILES string of the molecule is Nc1nc(SCc2ccccc2)nc2[nH]c(=O)cnc12. The third kappa shape index (κ3) is 2.62. The number of hydrogen-bond donors (Lipinski definition) is 2. The zero-order valence-electron chi connectivity index (χ0n) is 10.4. The first-order chi connectivity index (χ1) is 9.72. The Labute approximate surface area is 118 Å². The number of thioether (sulfide) groups is 1. The van der Waals surface area contributed by atoms with E-state index in [1.807, 2.05) is 30.3 Å². The molecule has 0 saturated carbocycles. The van der Waals surface area contributed by atoms with Gasteiger partial charge in [0.1, 0.15) is 5.52 Å². The number of H-pyrrole nitrogens is 1. The van der Waals surface area contributed by atoms with E-state index < -0.39 is 0 Å². The molecule has 0 amide bonds. The van der Waals surface area contributed by atoms with Crippen LogP contribution in [0.25, 0.3) is 11.2 Å². The molecule has 0 atom stereocenters. The van der Waals surface area contributed by atoms with Gasteiger partial charge in [0.25, 0.3) is 5.56 Å². The van der Waals surface area contributed by atoms with E-state index in [1.165, 1.54) is 23.5 Å². The molecule has 0 aliphatic carbocycles. The van der Waals surface area contributed by atoms with Crippen LogP contribution in [-0.2, 0) is 5.75 Å². The standard InChI is InChI=1S/C13H11N5OS/c14-11-10-12(16-9(19)6-15-10)18-13(17-11)20-7-8-4-2-1-3-5-8/h1-6H,7H2,(H3,14,16,17,18,19). The first kappa shape index (κ1) is 12.6. The summed E-state index contributed by atoms with van der Waals surface area (Å²) in [7, 11) is 0. The van der Waals surface area contributed by atoms with Crippen molar-refractivity contribution in [3.8, 4) is 0 Å². The normalized spacial score (nSPS) is 10.8. The van der Waals surface area contributed by atoms with Crippen molar-refractivity contribution in [3.63, 3.8) is 0 Å². The van der Waals surface area contributed by atoms with Gasteiger partial charge in [0.15, 0.2) is 16.6 Å². The monoisotopic (exact) mass is 285 g/mol. The molecule has 0 bridgehead atoms. The van der Waals surface area contributed by atoms with Crippen LogP contribution in [0.4, 0.5) is 5.82 Å². The molecule has 3 N–H and O–H groups in total. The molecular weight excluding hydrogens is 274 g/mol. The predicted molar refractivity (Wildman–Crippen MR) is 78.4 cm³/mol. The second-order valence-electron chi connectivity index (χ2n) is 4.11. The molecule has 0 unspecified atom stereocenters. The average molecular weight is 285 g/mol. The Morgan fingerprint density at radius 1 is 1.20 bits per heavy atom. The first-order valence-electron chi connectivity index (χ1n) is 5.91. The van der Waals surface area contributed by atoms with Gasteiger partial charge in [-0.25, -0.2) is 15.0 Å². The minimum absolute atomic E-state index is 0.266. The minimum Gasteiger partial charge on any atom is -0.382 e. The molecule has 2 heterocycles. The molecule has 6 nitrogen and oxygen atoms in total. The van der Waals surface area contributed by atoms with Crippen LogP contribution in [0.5, 0.6) is 0 Å². The van der Waals surface area contributed by atoms with Crippen molar-refractivity contribution in [2.24, 2.45) is 0 Å². The Morgan fingerprint density at radius 3 is 2.80 bits per heavy atom. The Bertz CT molecular complexity index is 803. The molecule has 0 aliphatic rings.